The molecule has 1 saturated heterocycles. The molecule has 4 rings (SSSR count). The maximum atomic E-state index is 12.9. The van der Waals surface area contributed by atoms with Crippen molar-refractivity contribution in [1.29, 1.82) is 0 Å². The second kappa shape index (κ2) is 9.97. The summed E-state index contributed by atoms with van der Waals surface area (Å²) in [5, 5.41) is 9.22. The Labute approximate surface area is 182 Å². The second-order valence-electron chi connectivity index (χ2n) is 7.46. The van der Waals surface area contributed by atoms with Gasteiger partial charge in [-0.2, -0.15) is 13.2 Å². The van der Waals surface area contributed by atoms with Gasteiger partial charge in [0.15, 0.2) is 0 Å². The molecule has 10 heteroatoms. The lowest BCUT2D eigenvalue weighted by Gasteiger charge is -2.25. The summed E-state index contributed by atoms with van der Waals surface area (Å²) in [5.41, 5.74) is 0.670. The number of benzene rings is 1. The van der Waals surface area contributed by atoms with Crippen LogP contribution in [-0.2, 0) is 24.0 Å². The molecule has 1 aromatic carbocycles. The lowest BCUT2D eigenvalue weighted by molar-refractivity contribution is -0.137. The van der Waals surface area contributed by atoms with Crippen LogP contribution in [0.4, 0.5) is 13.2 Å². The first-order valence-electron chi connectivity index (χ1n) is 10.3. The number of pyridine rings is 1. The van der Waals surface area contributed by atoms with Gasteiger partial charge in [0.25, 0.3) is 0 Å². The quantitative estimate of drug-likeness (QED) is 0.377. The number of rotatable bonds is 8. The zero-order valence-electron chi connectivity index (χ0n) is 17.0. The topological polar surface area (TPSA) is 56.1 Å². The van der Waals surface area contributed by atoms with Gasteiger partial charge >= 0.3 is 6.18 Å². The maximum Gasteiger partial charge on any atom is 0.416 e. The highest BCUT2D eigenvalue weighted by Gasteiger charge is 2.30. The van der Waals surface area contributed by atoms with Crippen LogP contribution in [0.2, 0.25) is 0 Å². The van der Waals surface area contributed by atoms with E-state index in [0.717, 1.165) is 86.1 Å². The van der Waals surface area contributed by atoms with Crippen LogP contribution in [-0.4, -0.2) is 56.9 Å². The van der Waals surface area contributed by atoms with Gasteiger partial charge in [-0.15, -0.1) is 16.9 Å². The molecule has 3 heterocycles. The van der Waals surface area contributed by atoms with Crippen molar-refractivity contribution in [3.05, 3.63) is 47.9 Å². The van der Waals surface area contributed by atoms with Crippen molar-refractivity contribution in [2.45, 2.75) is 37.0 Å². The third-order valence-electron chi connectivity index (χ3n) is 5.14. The largest absolute Gasteiger partial charge is 0.416 e. The van der Waals surface area contributed by atoms with Crippen molar-refractivity contribution in [3.63, 3.8) is 0 Å². The minimum atomic E-state index is -4.36. The molecule has 2 aromatic heterocycles. The van der Waals surface area contributed by atoms with E-state index in [1.54, 1.807) is 18.0 Å². The van der Waals surface area contributed by atoms with Crippen molar-refractivity contribution in [1.82, 2.24) is 24.9 Å². The Bertz CT molecular complexity index is 1000. The zero-order valence-corrected chi connectivity index (χ0v) is 17.8. The summed E-state index contributed by atoms with van der Waals surface area (Å²) in [6.07, 6.45) is 1.12. The molecule has 0 radical (unpaired) electrons. The van der Waals surface area contributed by atoms with Gasteiger partial charge < -0.3 is 4.74 Å². The van der Waals surface area contributed by atoms with Crippen LogP contribution in [0.3, 0.4) is 0 Å². The van der Waals surface area contributed by atoms with Gasteiger partial charge in [0.1, 0.15) is 0 Å². The summed E-state index contributed by atoms with van der Waals surface area (Å²) < 4.78 is 46.0. The highest BCUT2D eigenvalue weighted by atomic mass is 32.2. The number of nitrogens with zero attached hydrogens (tertiary/aromatic N) is 5. The molecule has 0 N–H and O–H groups in total. The summed E-state index contributed by atoms with van der Waals surface area (Å²) >= 11 is 1.64. The minimum absolute atomic E-state index is 0.371. The third kappa shape index (κ3) is 5.96. The summed E-state index contributed by atoms with van der Waals surface area (Å²) in [5.74, 6) is 0.871. The Kier molecular flexibility index (Phi) is 7.09. The van der Waals surface area contributed by atoms with Crippen LogP contribution in [0.15, 0.2) is 41.6 Å². The second-order valence-corrected chi connectivity index (χ2v) is 8.59. The van der Waals surface area contributed by atoms with Crippen LogP contribution in [0.1, 0.15) is 24.1 Å². The lowest BCUT2D eigenvalue weighted by Crippen LogP contribution is -2.35. The zero-order chi connectivity index (χ0) is 21.7. The van der Waals surface area contributed by atoms with Gasteiger partial charge in [0.05, 0.1) is 30.0 Å². The molecule has 1 aliphatic heterocycles. The van der Waals surface area contributed by atoms with Crippen LogP contribution < -0.4 is 0 Å². The number of aryl methyl sites for hydroxylation is 1. The molecule has 0 amide bonds. The average molecular weight is 452 g/mol. The Hall–Kier alpha value is -2.17. The van der Waals surface area contributed by atoms with E-state index in [2.05, 4.69) is 20.2 Å². The van der Waals surface area contributed by atoms with Crippen LogP contribution in [0.5, 0.6) is 0 Å². The predicted molar refractivity (Wildman–Crippen MR) is 113 cm³/mol. The Morgan fingerprint density at radius 2 is 1.94 bits per heavy atom. The van der Waals surface area contributed by atoms with E-state index < -0.39 is 11.7 Å². The van der Waals surface area contributed by atoms with Gasteiger partial charge in [-0.05, 0) is 36.8 Å². The van der Waals surface area contributed by atoms with E-state index in [1.807, 2.05) is 16.9 Å². The molecule has 1 aliphatic rings. The average Bonchev–Trinajstić information content (AvgIpc) is 3.20. The minimum Gasteiger partial charge on any atom is -0.379 e. The first-order valence-corrected chi connectivity index (χ1v) is 11.3. The number of ether oxygens (including phenoxy) is 1. The third-order valence-corrected chi connectivity index (χ3v) is 6.30. The number of hydrogen-bond donors (Lipinski definition) is 0. The number of alkyl halides is 3. The number of thioether (sulfide) groups is 1. The summed E-state index contributed by atoms with van der Waals surface area (Å²) in [4.78, 5) is 7.36. The van der Waals surface area contributed by atoms with Crippen molar-refractivity contribution in [3.8, 4) is 0 Å². The number of morpholine rings is 1. The molecule has 3 aromatic rings. The van der Waals surface area contributed by atoms with Gasteiger partial charge in [-0.1, -0.05) is 11.3 Å². The molecule has 0 spiro atoms. The molecule has 0 atom stereocenters. The predicted octanol–water partition coefficient (Wildman–Crippen LogP) is 4.25. The van der Waals surface area contributed by atoms with Crippen molar-refractivity contribution in [2.75, 3.05) is 32.1 Å². The first-order chi connectivity index (χ1) is 15.0. The Balaban J connectivity index is 1.24. The summed E-state index contributed by atoms with van der Waals surface area (Å²) in [7, 11) is 0. The van der Waals surface area contributed by atoms with Crippen LogP contribution in [0.25, 0.3) is 10.9 Å². The summed E-state index contributed by atoms with van der Waals surface area (Å²) in [6, 6.07) is 5.60. The molecule has 0 aliphatic carbocycles. The first kappa shape index (κ1) is 22.0. The van der Waals surface area contributed by atoms with Gasteiger partial charge in [0.2, 0.25) is 0 Å². The van der Waals surface area contributed by atoms with Crippen LogP contribution >= 0.6 is 11.8 Å². The Morgan fingerprint density at radius 3 is 2.74 bits per heavy atom. The molecular formula is C21H24F3N5OS. The molecule has 6 nitrogen and oxygen atoms in total. The van der Waals surface area contributed by atoms with Crippen molar-refractivity contribution < 1.29 is 17.9 Å². The maximum absolute atomic E-state index is 12.9. The molecule has 31 heavy (non-hydrogen) atoms. The molecule has 1 fully saturated rings. The molecular weight excluding hydrogens is 427 g/mol. The number of unbranched alkanes of at least 4 members (excludes halogenated alkanes) is 1. The number of fused-ring (bicyclic) bond motifs is 1. The van der Waals surface area contributed by atoms with E-state index in [0.29, 0.717) is 5.52 Å². The highest BCUT2D eigenvalue weighted by molar-refractivity contribution is 7.99. The standard InChI is InChI=1S/C21H24F3N5OS/c22-21(23,24)16-3-4-18-19(13-16)25-6-5-20(18)31-12-2-1-7-29-15-17(26-27-29)14-28-8-10-30-11-9-28/h3-6,13,15H,1-2,7-12,14H2. The number of aromatic nitrogens is 4. The molecule has 0 saturated carbocycles. The molecule has 0 unspecified atom stereocenters. The highest BCUT2D eigenvalue weighted by Crippen LogP contribution is 2.33. The SMILES string of the molecule is FC(F)(F)c1ccc2c(SCCCCn3cc(CN4CCOCC4)nn3)ccnc2c1. The van der Waals surface area contributed by atoms with E-state index in [4.69, 9.17) is 4.74 Å². The van der Waals surface area contributed by atoms with Gasteiger partial charge in [-0.3, -0.25) is 14.6 Å². The smallest absolute Gasteiger partial charge is 0.379 e. The molecule has 166 valence electrons. The Morgan fingerprint density at radius 1 is 1.10 bits per heavy atom. The van der Waals surface area contributed by atoms with E-state index in [1.165, 1.54) is 6.07 Å². The monoisotopic (exact) mass is 451 g/mol. The van der Waals surface area contributed by atoms with Gasteiger partial charge in [-0.25, -0.2) is 0 Å². The fourth-order valence-corrected chi connectivity index (χ4v) is 4.54. The van der Waals surface area contributed by atoms with Crippen molar-refractivity contribution >= 4 is 22.7 Å². The lowest BCUT2D eigenvalue weighted by atomic mass is 10.1. The van der Waals surface area contributed by atoms with Crippen molar-refractivity contribution in [2.24, 2.45) is 0 Å². The molecule has 0 bridgehead atoms. The van der Waals surface area contributed by atoms with E-state index in [-0.39, 0.29) is 0 Å². The van der Waals surface area contributed by atoms with E-state index >= 15 is 0 Å². The van der Waals surface area contributed by atoms with E-state index in [9.17, 15) is 13.2 Å². The fraction of sp³-hybridized carbons (Fsp3) is 0.476. The summed E-state index contributed by atoms with van der Waals surface area (Å²) in [6.45, 7) is 4.97. The number of hydrogen-bond acceptors (Lipinski definition) is 6. The fourth-order valence-electron chi connectivity index (χ4n) is 3.49. The normalized spacial score (nSPS) is 15.6. The van der Waals surface area contributed by atoms with Gasteiger partial charge in [0, 0.05) is 48.9 Å². The number of halogens is 3. The van der Waals surface area contributed by atoms with Crippen LogP contribution in [0, 0.1) is 0 Å².